The van der Waals surface area contributed by atoms with Gasteiger partial charge in [-0.25, -0.2) is 9.18 Å². The van der Waals surface area contributed by atoms with Crippen molar-refractivity contribution in [2.75, 3.05) is 6.54 Å². The lowest BCUT2D eigenvalue weighted by atomic mass is 10.0. The Morgan fingerprint density at radius 3 is 2.79 bits per heavy atom. The third-order valence-electron chi connectivity index (χ3n) is 4.53. The van der Waals surface area contributed by atoms with E-state index in [1.165, 1.54) is 28.8 Å². The number of amides is 2. The lowest BCUT2D eigenvalue weighted by Gasteiger charge is -2.27. The molecule has 0 radical (unpaired) electrons. The zero-order chi connectivity index (χ0) is 16.5. The van der Waals surface area contributed by atoms with Gasteiger partial charge in [0.25, 0.3) is 0 Å². The van der Waals surface area contributed by atoms with Crippen molar-refractivity contribution in [3.8, 4) is 0 Å². The number of aromatic nitrogens is 1. The van der Waals surface area contributed by atoms with Crippen molar-refractivity contribution in [2.45, 2.75) is 19.5 Å². The van der Waals surface area contributed by atoms with Gasteiger partial charge in [-0.1, -0.05) is 30.3 Å². The first-order valence-electron chi connectivity index (χ1n) is 8.06. The van der Waals surface area contributed by atoms with E-state index in [0.717, 1.165) is 17.5 Å². The minimum absolute atomic E-state index is 0.0877. The highest BCUT2D eigenvalue weighted by Gasteiger charge is 2.23. The minimum Gasteiger partial charge on any atom is -0.358 e. The van der Waals surface area contributed by atoms with Crippen molar-refractivity contribution in [3.63, 3.8) is 0 Å². The molecule has 0 bridgehead atoms. The second-order valence-electron chi connectivity index (χ2n) is 6.08. The molecule has 1 aliphatic rings. The molecule has 2 aromatic carbocycles. The van der Waals surface area contributed by atoms with Crippen molar-refractivity contribution in [2.24, 2.45) is 0 Å². The molecule has 0 aliphatic carbocycles. The second-order valence-corrected chi connectivity index (χ2v) is 6.08. The number of fused-ring (bicyclic) bond motifs is 3. The number of benzene rings is 2. The van der Waals surface area contributed by atoms with Gasteiger partial charge >= 0.3 is 6.03 Å². The molecule has 1 aliphatic heterocycles. The van der Waals surface area contributed by atoms with Gasteiger partial charge in [-0.05, 0) is 23.8 Å². The quantitative estimate of drug-likeness (QED) is 0.744. The molecule has 0 atom stereocenters. The summed E-state index contributed by atoms with van der Waals surface area (Å²) in [5.74, 6) is -0.270. The smallest absolute Gasteiger partial charge is 0.317 e. The Morgan fingerprint density at radius 2 is 1.96 bits per heavy atom. The predicted molar refractivity (Wildman–Crippen MR) is 91.0 cm³/mol. The average molecular weight is 323 g/mol. The molecule has 1 aromatic heterocycles. The van der Waals surface area contributed by atoms with Gasteiger partial charge in [-0.15, -0.1) is 0 Å². The summed E-state index contributed by atoms with van der Waals surface area (Å²) in [5, 5.41) is 4.10. The molecule has 5 heteroatoms. The number of halogens is 1. The van der Waals surface area contributed by atoms with Gasteiger partial charge in [0.2, 0.25) is 0 Å². The first-order chi connectivity index (χ1) is 11.7. The molecule has 3 aromatic rings. The molecule has 0 saturated carbocycles. The molecular formula is C19H18FN3O. The maximum Gasteiger partial charge on any atom is 0.317 e. The van der Waals surface area contributed by atoms with Gasteiger partial charge in [-0.3, -0.25) is 0 Å². The van der Waals surface area contributed by atoms with Gasteiger partial charge in [0.05, 0.1) is 0 Å². The van der Waals surface area contributed by atoms with Crippen LogP contribution in [0.15, 0.2) is 48.5 Å². The van der Waals surface area contributed by atoms with Crippen molar-refractivity contribution >= 4 is 16.9 Å². The highest BCUT2D eigenvalue weighted by Crippen LogP contribution is 2.27. The molecular weight excluding hydrogens is 305 g/mol. The second kappa shape index (κ2) is 6.00. The van der Waals surface area contributed by atoms with Gasteiger partial charge in [0.1, 0.15) is 5.82 Å². The van der Waals surface area contributed by atoms with Crippen LogP contribution in [0.4, 0.5) is 9.18 Å². The molecule has 2 N–H and O–H groups in total. The van der Waals surface area contributed by atoms with Crippen LogP contribution in [0.1, 0.15) is 16.8 Å². The molecule has 0 spiro atoms. The number of H-pyrrole nitrogens is 1. The Kier molecular flexibility index (Phi) is 3.69. The number of carbonyl (C=O) groups is 1. The van der Waals surface area contributed by atoms with Crippen LogP contribution in [0.3, 0.4) is 0 Å². The molecule has 0 saturated heterocycles. The van der Waals surface area contributed by atoms with Crippen molar-refractivity contribution in [3.05, 3.63) is 71.2 Å². The first kappa shape index (κ1) is 14.8. The standard InChI is InChI=1S/C19H18FN3O/c20-14-7-5-13(6-8-14)11-21-19(24)23-10-9-18-16(12-23)15-3-1-2-4-17(15)22-18/h1-8,22H,9-12H2,(H,21,24). The molecule has 24 heavy (non-hydrogen) atoms. The molecule has 2 amide bonds. The SMILES string of the molecule is O=C(NCc1ccc(F)cc1)N1CCc2[nH]c3ccccc3c2C1. The monoisotopic (exact) mass is 323 g/mol. The van der Waals surface area contributed by atoms with E-state index < -0.39 is 0 Å². The van der Waals surface area contributed by atoms with E-state index in [0.29, 0.717) is 19.6 Å². The highest BCUT2D eigenvalue weighted by atomic mass is 19.1. The van der Waals surface area contributed by atoms with Crippen LogP contribution in [0.2, 0.25) is 0 Å². The number of carbonyl (C=O) groups excluding carboxylic acids is 1. The Hall–Kier alpha value is -2.82. The van der Waals surface area contributed by atoms with E-state index in [-0.39, 0.29) is 11.8 Å². The zero-order valence-electron chi connectivity index (χ0n) is 13.2. The number of nitrogens with one attached hydrogen (secondary N) is 2. The fraction of sp³-hybridized carbons (Fsp3) is 0.211. The normalized spacial score (nSPS) is 13.8. The number of nitrogens with zero attached hydrogens (tertiary/aromatic N) is 1. The topological polar surface area (TPSA) is 48.1 Å². The third-order valence-corrected chi connectivity index (χ3v) is 4.53. The minimum atomic E-state index is -0.270. The third kappa shape index (κ3) is 2.73. The first-order valence-corrected chi connectivity index (χ1v) is 8.06. The number of aromatic amines is 1. The maximum absolute atomic E-state index is 12.9. The Bertz CT molecular complexity index is 885. The summed E-state index contributed by atoms with van der Waals surface area (Å²) in [7, 11) is 0. The number of hydrogen-bond acceptors (Lipinski definition) is 1. The number of para-hydroxylation sites is 1. The van der Waals surface area contributed by atoms with E-state index in [1.54, 1.807) is 12.1 Å². The summed E-state index contributed by atoms with van der Waals surface area (Å²) in [4.78, 5) is 17.7. The van der Waals surface area contributed by atoms with E-state index >= 15 is 0 Å². The number of rotatable bonds is 2. The summed E-state index contributed by atoms with van der Waals surface area (Å²) in [6.07, 6.45) is 0.827. The van der Waals surface area contributed by atoms with Crippen LogP contribution in [-0.2, 0) is 19.5 Å². The Balaban J connectivity index is 1.45. The van der Waals surface area contributed by atoms with E-state index in [2.05, 4.69) is 22.4 Å². The van der Waals surface area contributed by atoms with Crippen LogP contribution in [-0.4, -0.2) is 22.5 Å². The Morgan fingerprint density at radius 1 is 1.17 bits per heavy atom. The van der Waals surface area contributed by atoms with Crippen LogP contribution >= 0.6 is 0 Å². The molecule has 4 rings (SSSR count). The zero-order valence-corrected chi connectivity index (χ0v) is 13.2. The summed E-state index contributed by atoms with van der Waals surface area (Å²) in [5.41, 5.74) is 4.43. The van der Waals surface area contributed by atoms with Crippen molar-refractivity contribution in [1.29, 1.82) is 0 Å². The summed E-state index contributed by atoms with van der Waals surface area (Å²) in [6, 6.07) is 14.3. The molecule has 0 fully saturated rings. The fourth-order valence-electron chi connectivity index (χ4n) is 3.23. The fourth-order valence-corrected chi connectivity index (χ4v) is 3.23. The lowest BCUT2D eigenvalue weighted by Crippen LogP contribution is -2.42. The van der Waals surface area contributed by atoms with Crippen molar-refractivity contribution < 1.29 is 9.18 Å². The molecule has 0 unspecified atom stereocenters. The van der Waals surface area contributed by atoms with Gasteiger partial charge in [0, 0.05) is 48.2 Å². The molecule has 2 heterocycles. The van der Waals surface area contributed by atoms with Crippen LogP contribution in [0, 0.1) is 5.82 Å². The van der Waals surface area contributed by atoms with Crippen molar-refractivity contribution in [1.82, 2.24) is 15.2 Å². The van der Waals surface area contributed by atoms with Crippen LogP contribution in [0.5, 0.6) is 0 Å². The van der Waals surface area contributed by atoms with Crippen LogP contribution in [0.25, 0.3) is 10.9 Å². The van der Waals surface area contributed by atoms with Gasteiger partial charge < -0.3 is 15.2 Å². The largest absolute Gasteiger partial charge is 0.358 e. The summed E-state index contributed by atoms with van der Waals surface area (Å²) < 4.78 is 12.9. The summed E-state index contributed by atoms with van der Waals surface area (Å²) in [6.45, 7) is 1.69. The average Bonchev–Trinajstić information content (AvgIpc) is 2.99. The maximum atomic E-state index is 12.9. The van der Waals surface area contributed by atoms with Gasteiger partial charge in [0.15, 0.2) is 0 Å². The number of hydrogen-bond donors (Lipinski definition) is 2. The number of urea groups is 1. The van der Waals surface area contributed by atoms with E-state index in [9.17, 15) is 9.18 Å². The van der Waals surface area contributed by atoms with E-state index in [1.807, 2.05) is 17.0 Å². The highest BCUT2D eigenvalue weighted by molar-refractivity contribution is 5.85. The lowest BCUT2D eigenvalue weighted by molar-refractivity contribution is 0.192. The molecule has 4 nitrogen and oxygen atoms in total. The van der Waals surface area contributed by atoms with Crippen LogP contribution < -0.4 is 5.32 Å². The van der Waals surface area contributed by atoms with E-state index in [4.69, 9.17) is 0 Å². The van der Waals surface area contributed by atoms with Gasteiger partial charge in [-0.2, -0.15) is 0 Å². The molecule has 122 valence electrons. The Labute approximate surface area is 139 Å². The summed E-state index contributed by atoms with van der Waals surface area (Å²) >= 11 is 0. The predicted octanol–water partition coefficient (Wildman–Crippen LogP) is 3.57.